The largest absolute Gasteiger partial charge is 0.383 e. The monoisotopic (exact) mass is 220 g/mol. The number of nitrogens with one attached hydrogen (secondary N) is 2. The number of methoxy groups -OCH3 is 1. The average molecular weight is 220 g/mol. The maximum Gasteiger partial charge on any atom is 0.246 e. The number of rotatable bonds is 4. The minimum absolute atomic E-state index is 0.0143. The number of benzene rings is 1. The molecule has 1 unspecified atom stereocenters. The summed E-state index contributed by atoms with van der Waals surface area (Å²) in [6.07, 6.45) is 0. The zero-order chi connectivity index (χ0) is 11.5. The standard InChI is InChI=1S/C12H16N2O2/c1-8-4-3-5-9-10(8)14-12(15)11(9)13-6-7-16-2/h3-5,11,13H,6-7H2,1-2H3,(H,14,15). The first kappa shape index (κ1) is 11.1. The molecule has 0 spiro atoms. The number of aryl methyl sites for hydroxylation is 1. The molecule has 86 valence electrons. The van der Waals surface area contributed by atoms with Crippen LogP contribution in [-0.2, 0) is 9.53 Å². The van der Waals surface area contributed by atoms with Crippen LogP contribution in [0.2, 0.25) is 0 Å². The molecular formula is C12H16N2O2. The third kappa shape index (κ3) is 1.94. The van der Waals surface area contributed by atoms with E-state index in [0.717, 1.165) is 16.8 Å². The Morgan fingerprint density at radius 2 is 2.31 bits per heavy atom. The predicted molar refractivity (Wildman–Crippen MR) is 62.4 cm³/mol. The lowest BCUT2D eigenvalue weighted by Crippen LogP contribution is -2.30. The summed E-state index contributed by atoms with van der Waals surface area (Å²) < 4.78 is 4.95. The van der Waals surface area contributed by atoms with Crippen LogP contribution in [0.15, 0.2) is 18.2 Å². The van der Waals surface area contributed by atoms with E-state index in [0.29, 0.717) is 13.2 Å². The van der Waals surface area contributed by atoms with Crippen LogP contribution in [0.1, 0.15) is 17.2 Å². The maximum absolute atomic E-state index is 11.8. The van der Waals surface area contributed by atoms with Gasteiger partial charge in [0.2, 0.25) is 5.91 Å². The SMILES string of the molecule is COCCNC1C(=O)Nc2c(C)cccc21. The van der Waals surface area contributed by atoms with Crippen molar-refractivity contribution in [3.05, 3.63) is 29.3 Å². The third-order valence-corrected chi connectivity index (χ3v) is 2.78. The number of ether oxygens (including phenoxy) is 1. The van der Waals surface area contributed by atoms with Gasteiger partial charge in [-0.15, -0.1) is 0 Å². The highest BCUT2D eigenvalue weighted by Gasteiger charge is 2.30. The Morgan fingerprint density at radius 3 is 3.06 bits per heavy atom. The van der Waals surface area contributed by atoms with Crippen molar-refractivity contribution in [2.75, 3.05) is 25.6 Å². The fourth-order valence-corrected chi connectivity index (χ4v) is 1.95. The van der Waals surface area contributed by atoms with Crippen molar-refractivity contribution >= 4 is 11.6 Å². The lowest BCUT2D eigenvalue weighted by molar-refractivity contribution is -0.117. The van der Waals surface area contributed by atoms with Crippen LogP contribution >= 0.6 is 0 Å². The number of fused-ring (bicyclic) bond motifs is 1. The van der Waals surface area contributed by atoms with E-state index < -0.39 is 0 Å². The first-order valence-electron chi connectivity index (χ1n) is 5.36. The molecule has 1 aromatic carbocycles. The highest BCUT2D eigenvalue weighted by molar-refractivity contribution is 6.03. The Kier molecular flexibility index (Phi) is 3.22. The van der Waals surface area contributed by atoms with Crippen molar-refractivity contribution < 1.29 is 9.53 Å². The molecule has 1 atom stereocenters. The average Bonchev–Trinajstić information content (AvgIpc) is 2.58. The number of carbonyl (C=O) groups is 1. The van der Waals surface area contributed by atoms with E-state index in [9.17, 15) is 4.79 Å². The molecule has 1 aliphatic heterocycles. The summed E-state index contributed by atoms with van der Waals surface area (Å²) in [5, 5.41) is 6.08. The fourth-order valence-electron chi connectivity index (χ4n) is 1.95. The molecule has 2 N–H and O–H groups in total. The van der Waals surface area contributed by atoms with Crippen LogP contribution in [0.25, 0.3) is 0 Å². The number of carbonyl (C=O) groups excluding carboxylic acids is 1. The molecule has 4 nitrogen and oxygen atoms in total. The molecule has 0 bridgehead atoms. The number of amides is 1. The zero-order valence-electron chi connectivity index (χ0n) is 9.54. The van der Waals surface area contributed by atoms with E-state index in [2.05, 4.69) is 10.6 Å². The fraction of sp³-hybridized carbons (Fsp3) is 0.417. The van der Waals surface area contributed by atoms with Gasteiger partial charge in [0.05, 0.1) is 6.61 Å². The summed E-state index contributed by atoms with van der Waals surface area (Å²) in [7, 11) is 1.65. The van der Waals surface area contributed by atoms with E-state index in [1.807, 2.05) is 25.1 Å². The molecular weight excluding hydrogens is 204 g/mol. The van der Waals surface area contributed by atoms with Crippen molar-refractivity contribution in [3.63, 3.8) is 0 Å². The van der Waals surface area contributed by atoms with Crippen LogP contribution in [0, 0.1) is 6.92 Å². The minimum Gasteiger partial charge on any atom is -0.383 e. The zero-order valence-corrected chi connectivity index (χ0v) is 9.54. The van der Waals surface area contributed by atoms with Crippen molar-refractivity contribution in [2.24, 2.45) is 0 Å². The van der Waals surface area contributed by atoms with Gasteiger partial charge in [0.1, 0.15) is 6.04 Å². The summed E-state index contributed by atoms with van der Waals surface area (Å²) >= 11 is 0. The number of para-hydroxylation sites is 1. The van der Waals surface area contributed by atoms with Crippen LogP contribution in [-0.4, -0.2) is 26.2 Å². The van der Waals surface area contributed by atoms with E-state index in [-0.39, 0.29) is 11.9 Å². The smallest absolute Gasteiger partial charge is 0.246 e. The molecule has 0 radical (unpaired) electrons. The highest BCUT2D eigenvalue weighted by atomic mass is 16.5. The van der Waals surface area contributed by atoms with Gasteiger partial charge in [-0.25, -0.2) is 0 Å². The van der Waals surface area contributed by atoms with Crippen molar-refractivity contribution in [3.8, 4) is 0 Å². The van der Waals surface area contributed by atoms with E-state index in [4.69, 9.17) is 4.74 Å². The molecule has 0 fully saturated rings. The Labute approximate surface area is 95.0 Å². The molecule has 0 saturated heterocycles. The van der Waals surface area contributed by atoms with Crippen molar-refractivity contribution in [1.29, 1.82) is 0 Å². The van der Waals surface area contributed by atoms with Gasteiger partial charge in [0, 0.05) is 24.9 Å². The van der Waals surface area contributed by atoms with Crippen molar-refractivity contribution in [2.45, 2.75) is 13.0 Å². The molecule has 1 aliphatic rings. The normalized spacial score (nSPS) is 18.4. The van der Waals surface area contributed by atoms with E-state index in [1.165, 1.54) is 0 Å². The maximum atomic E-state index is 11.8. The van der Waals surface area contributed by atoms with Gasteiger partial charge >= 0.3 is 0 Å². The lowest BCUT2D eigenvalue weighted by atomic mass is 10.1. The molecule has 4 heteroatoms. The summed E-state index contributed by atoms with van der Waals surface area (Å²) in [6, 6.07) is 5.70. The molecule has 1 heterocycles. The van der Waals surface area contributed by atoms with Gasteiger partial charge in [0.25, 0.3) is 0 Å². The summed E-state index contributed by atoms with van der Waals surface area (Å²) in [5.74, 6) is 0.0143. The second-order valence-electron chi connectivity index (χ2n) is 3.91. The molecule has 0 saturated carbocycles. The van der Waals surface area contributed by atoms with E-state index in [1.54, 1.807) is 7.11 Å². The molecule has 0 aliphatic carbocycles. The highest BCUT2D eigenvalue weighted by Crippen LogP contribution is 2.32. The summed E-state index contributed by atoms with van der Waals surface area (Å²) in [4.78, 5) is 11.8. The van der Waals surface area contributed by atoms with Crippen LogP contribution < -0.4 is 10.6 Å². The van der Waals surface area contributed by atoms with Gasteiger partial charge in [-0.1, -0.05) is 18.2 Å². The van der Waals surface area contributed by atoms with Crippen LogP contribution in [0.4, 0.5) is 5.69 Å². The molecule has 16 heavy (non-hydrogen) atoms. The van der Waals surface area contributed by atoms with Crippen LogP contribution in [0.5, 0.6) is 0 Å². The first-order chi connectivity index (χ1) is 7.74. The van der Waals surface area contributed by atoms with Crippen LogP contribution in [0.3, 0.4) is 0 Å². The Bertz CT molecular complexity index is 404. The van der Waals surface area contributed by atoms with Gasteiger partial charge in [-0.3, -0.25) is 10.1 Å². The molecule has 0 aromatic heterocycles. The summed E-state index contributed by atoms with van der Waals surface area (Å²) in [5.41, 5.74) is 3.07. The Morgan fingerprint density at radius 1 is 1.50 bits per heavy atom. The van der Waals surface area contributed by atoms with Gasteiger partial charge in [0.15, 0.2) is 0 Å². The topological polar surface area (TPSA) is 50.4 Å². The molecule has 1 aromatic rings. The van der Waals surface area contributed by atoms with Gasteiger partial charge < -0.3 is 10.1 Å². The van der Waals surface area contributed by atoms with Gasteiger partial charge in [-0.05, 0) is 12.5 Å². The Hall–Kier alpha value is -1.39. The minimum atomic E-state index is -0.245. The number of hydrogen-bond acceptors (Lipinski definition) is 3. The Balaban J connectivity index is 2.16. The quantitative estimate of drug-likeness (QED) is 0.750. The van der Waals surface area contributed by atoms with Crippen molar-refractivity contribution in [1.82, 2.24) is 5.32 Å². The second-order valence-corrected chi connectivity index (χ2v) is 3.91. The lowest BCUT2D eigenvalue weighted by Gasteiger charge is -2.10. The predicted octanol–water partition coefficient (Wildman–Crippen LogP) is 1.22. The number of anilines is 1. The summed E-state index contributed by atoms with van der Waals surface area (Å²) in [6.45, 7) is 3.27. The molecule has 1 amide bonds. The molecule has 2 rings (SSSR count). The first-order valence-corrected chi connectivity index (χ1v) is 5.36. The number of hydrogen-bond donors (Lipinski definition) is 2. The van der Waals surface area contributed by atoms with E-state index >= 15 is 0 Å². The second kappa shape index (κ2) is 4.63. The van der Waals surface area contributed by atoms with Gasteiger partial charge in [-0.2, -0.15) is 0 Å². The third-order valence-electron chi connectivity index (χ3n) is 2.78.